The Hall–Kier alpha value is -0.620. The molecule has 0 aliphatic heterocycles. The third kappa shape index (κ3) is 2.92. The zero-order valence-electron chi connectivity index (χ0n) is 8.96. The summed E-state index contributed by atoms with van der Waals surface area (Å²) in [6, 6.07) is 5.76. The topological polar surface area (TPSA) is 46.3 Å². The van der Waals surface area contributed by atoms with E-state index in [-0.39, 0.29) is 5.91 Å². The van der Waals surface area contributed by atoms with Crippen molar-refractivity contribution in [3.8, 4) is 0 Å². The highest BCUT2D eigenvalue weighted by atomic mass is 127. The van der Waals surface area contributed by atoms with Gasteiger partial charge in [0.05, 0.1) is 5.56 Å². The van der Waals surface area contributed by atoms with Gasteiger partial charge in [-0.3, -0.25) is 4.79 Å². The van der Waals surface area contributed by atoms with Crippen LogP contribution in [0.25, 0.3) is 0 Å². The molecule has 0 radical (unpaired) electrons. The number of halogens is 1. The number of likely N-dealkylation sites (N-methyl/N-ethyl adjacent to an activating group) is 1. The number of amides is 1. The van der Waals surface area contributed by atoms with Crippen LogP contribution < -0.4 is 5.73 Å². The predicted octanol–water partition coefficient (Wildman–Crippen LogP) is 1.63. The first kappa shape index (κ1) is 12.4. The van der Waals surface area contributed by atoms with Crippen LogP contribution in [-0.2, 0) is 0 Å². The molecule has 0 bridgehead atoms. The van der Waals surface area contributed by atoms with Crippen molar-refractivity contribution in [1.82, 2.24) is 4.90 Å². The zero-order chi connectivity index (χ0) is 11.4. The zero-order valence-corrected chi connectivity index (χ0v) is 11.1. The number of aryl methyl sites for hydroxylation is 1. The monoisotopic (exact) mass is 318 g/mol. The van der Waals surface area contributed by atoms with Crippen molar-refractivity contribution in [3.63, 3.8) is 0 Å². The van der Waals surface area contributed by atoms with Gasteiger partial charge in [0.15, 0.2) is 0 Å². The van der Waals surface area contributed by atoms with Crippen molar-refractivity contribution < 1.29 is 4.79 Å². The van der Waals surface area contributed by atoms with E-state index in [1.165, 1.54) is 0 Å². The summed E-state index contributed by atoms with van der Waals surface area (Å²) in [5.74, 6) is 0.0357. The predicted molar refractivity (Wildman–Crippen MR) is 69.9 cm³/mol. The summed E-state index contributed by atoms with van der Waals surface area (Å²) in [4.78, 5) is 13.6. The number of nitrogens with zero attached hydrogens (tertiary/aromatic N) is 1. The van der Waals surface area contributed by atoms with Crippen molar-refractivity contribution in [1.29, 1.82) is 0 Å². The molecule has 1 rings (SSSR count). The molecule has 0 aromatic heterocycles. The second-order valence-electron chi connectivity index (χ2n) is 3.45. The van der Waals surface area contributed by atoms with Gasteiger partial charge in [-0.25, -0.2) is 0 Å². The fraction of sp³-hybridized carbons (Fsp3) is 0.364. The Morgan fingerprint density at radius 3 is 2.80 bits per heavy atom. The van der Waals surface area contributed by atoms with Gasteiger partial charge in [-0.05, 0) is 41.1 Å². The third-order valence-electron chi connectivity index (χ3n) is 2.23. The van der Waals surface area contributed by atoms with Crippen molar-refractivity contribution >= 4 is 28.5 Å². The van der Waals surface area contributed by atoms with Crippen LogP contribution in [0.3, 0.4) is 0 Å². The minimum absolute atomic E-state index is 0.0357. The molecule has 1 aromatic rings. The van der Waals surface area contributed by atoms with Crippen LogP contribution in [0.1, 0.15) is 15.9 Å². The van der Waals surface area contributed by atoms with Gasteiger partial charge in [0.25, 0.3) is 5.91 Å². The molecule has 0 unspecified atom stereocenters. The molecule has 0 atom stereocenters. The lowest BCUT2D eigenvalue weighted by molar-refractivity contribution is 0.0798. The fourth-order valence-electron chi connectivity index (χ4n) is 1.31. The maximum absolute atomic E-state index is 12.0. The number of carbonyl (C=O) groups excluding carboxylic acids is 1. The number of hydrogen-bond acceptors (Lipinski definition) is 2. The van der Waals surface area contributed by atoms with E-state index in [0.717, 1.165) is 14.7 Å². The number of carbonyl (C=O) groups is 1. The highest BCUT2D eigenvalue weighted by Gasteiger charge is 2.14. The molecule has 82 valence electrons. The van der Waals surface area contributed by atoms with Crippen molar-refractivity contribution in [2.24, 2.45) is 5.73 Å². The van der Waals surface area contributed by atoms with E-state index >= 15 is 0 Å². The smallest absolute Gasteiger partial charge is 0.254 e. The molecule has 0 saturated carbocycles. The van der Waals surface area contributed by atoms with E-state index in [1.807, 2.05) is 25.1 Å². The van der Waals surface area contributed by atoms with Gasteiger partial charge in [0.2, 0.25) is 0 Å². The molecule has 0 aliphatic carbocycles. The van der Waals surface area contributed by atoms with Crippen LogP contribution in [0.2, 0.25) is 0 Å². The van der Waals surface area contributed by atoms with Gasteiger partial charge in [-0.1, -0.05) is 12.1 Å². The van der Waals surface area contributed by atoms with Crippen LogP contribution >= 0.6 is 22.6 Å². The third-order valence-corrected chi connectivity index (χ3v) is 3.67. The average molecular weight is 318 g/mol. The first-order valence-corrected chi connectivity index (χ1v) is 5.86. The molecule has 2 N–H and O–H groups in total. The van der Waals surface area contributed by atoms with Crippen molar-refractivity contribution in [2.75, 3.05) is 20.1 Å². The molecule has 0 aliphatic rings. The van der Waals surface area contributed by atoms with Crippen LogP contribution in [-0.4, -0.2) is 30.9 Å². The summed E-state index contributed by atoms with van der Waals surface area (Å²) in [5, 5.41) is 0. The summed E-state index contributed by atoms with van der Waals surface area (Å²) >= 11 is 2.20. The highest BCUT2D eigenvalue weighted by molar-refractivity contribution is 14.1. The standard InChI is InChI=1S/C11H15IN2O/c1-8-4-3-5-9(10(8)12)11(15)14(2)7-6-13/h3-5H,6-7,13H2,1-2H3. The first-order chi connectivity index (χ1) is 7.07. The van der Waals surface area contributed by atoms with E-state index < -0.39 is 0 Å². The van der Waals surface area contributed by atoms with Crippen molar-refractivity contribution in [3.05, 3.63) is 32.9 Å². The molecule has 0 fully saturated rings. The number of hydrogen-bond donors (Lipinski definition) is 1. The minimum atomic E-state index is 0.0357. The van der Waals surface area contributed by atoms with E-state index in [2.05, 4.69) is 22.6 Å². The van der Waals surface area contributed by atoms with Gasteiger partial charge in [-0.15, -0.1) is 0 Å². The first-order valence-electron chi connectivity index (χ1n) is 4.78. The summed E-state index contributed by atoms with van der Waals surface area (Å²) in [6.45, 7) is 3.08. The lowest BCUT2D eigenvalue weighted by Gasteiger charge is -2.17. The molecule has 4 heteroatoms. The van der Waals surface area contributed by atoms with E-state index in [4.69, 9.17) is 5.73 Å². The Balaban J connectivity index is 2.96. The minimum Gasteiger partial charge on any atom is -0.340 e. The van der Waals surface area contributed by atoms with E-state index in [0.29, 0.717) is 13.1 Å². The van der Waals surface area contributed by atoms with Crippen LogP contribution in [0.15, 0.2) is 18.2 Å². The molecule has 0 saturated heterocycles. The molecule has 3 nitrogen and oxygen atoms in total. The molecule has 15 heavy (non-hydrogen) atoms. The van der Waals surface area contributed by atoms with Gasteiger partial charge >= 0.3 is 0 Å². The lowest BCUT2D eigenvalue weighted by atomic mass is 10.1. The van der Waals surface area contributed by atoms with Crippen molar-refractivity contribution in [2.45, 2.75) is 6.92 Å². The van der Waals surface area contributed by atoms with Crippen LogP contribution in [0.5, 0.6) is 0 Å². The Morgan fingerprint density at radius 1 is 1.53 bits per heavy atom. The van der Waals surface area contributed by atoms with E-state index in [1.54, 1.807) is 11.9 Å². The Labute approximate surface area is 104 Å². The average Bonchev–Trinajstić information content (AvgIpc) is 2.21. The largest absolute Gasteiger partial charge is 0.340 e. The molecular weight excluding hydrogens is 303 g/mol. The van der Waals surface area contributed by atoms with Crippen LogP contribution in [0, 0.1) is 10.5 Å². The highest BCUT2D eigenvalue weighted by Crippen LogP contribution is 2.17. The van der Waals surface area contributed by atoms with Gasteiger partial charge in [0.1, 0.15) is 0 Å². The van der Waals surface area contributed by atoms with Gasteiger partial charge < -0.3 is 10.6 Å². The normalized spacial score (nSPS) is 10.1. The molecule has 1 amide bonds. The Bertz CT molecular complexity index is 366. The fourth-order valence-corrected chi connectivity index (χ4v) is 1.90. The maximum atomic E-state index is 12.0. The Kier molecular flexibility index (Phi) is 4.53. The number of rotatable bonds is 3. The lowest BCUT2D eigenvalue weighted by Crippen LogP contribution is -2.32. The summed E-state index contributed by atoms with van der Waals surface area (Å²) < 4.78 is 1.02. The number of nitrogens with two attached hydrogens (primary N) is 1. The van der Waals surface area contributed by atoms with Gasteiger partial charge in [-0.2, -0.15) is 0 Å². The molecule has 0 heterocycles. The molecular formula is C11H15IN2O. The molecule has 0 spiro atoms. The second kappa shape index (κ2) is 5.46. The summed E-state index contributed by atoms with van der Waals surface area (Å²) in [5.41, 5.74) is 7.30. The summed E-state index contributed by atoms with van der Waals surface area (Å²) in [6.07, 6.45) is 0. The van der Waals surface area contributed by atoms with E-state index in [9.17, 15) is 4.79 Å². The SMILES string of the molecule is Cc1cccc(C(=O)N(C)CCN)c1I. The summed E-state index contributed by atoms with van der Waals surface area (Å²) in [7, 11) is 1.77. The molecule has 1 aromatic carbocycles. The second-order valence-corrected chi connectivity index (χ2v) is 4.53. The Morgan fingerprint density at radius 2 is 2.20 bits per heavy atom. The van der Waals surface area contributed by atoms with Crippen LogP contribution in [0.4, 0.5) is 0 Å². The maximum Gasteiger partial charge on any atom is 0.254 e. The number of benzene rings is 1. The quantitative estimate of drug-likeness (QED) is 0.861. The van der Waals surface area contributed by atoms with Gasteiger partial charge in [0, 0.05) is 23.7 Å².